The Morgan fingerprint density at radius 1 is 1.19 bits per heavy atom. The van der Waals surface area contributed by atoms with Crippen molar-refractivity contribution in [2.24, 2.45) is 17.6 Å². The average Bonchev–Trinajstić information content (AvgIpc) is 3.14. The van der Waals surface area contributed by atoms with E-state index in [-0.39, 0.29) is 17.9 Å². The van der Waals surface area contributed by atoms with E-state index >= 15 is 4.39 Å². The predicted molar refractivity (Wildman–Crippen MR) is 115 cm³/mol. The number of nitrogens with one attached hydrogen (secondary N) is 2. The summed E-state index contributed by atoms with van der Waals surface area (Å²) in [6.07, 6.45) is 4.50. The lowest BCUT2D eigenvalue weighted by Crippen LogP contribution is -2.29. The molecule has 1 aliphatic heterocycles. The van der Waals surface area contributed by atoms with Crippen LogP contribution in [0.1, 0.15) is 5.56 Å². The highest BCUT2D eigenvalue weighted by Gasteiger charge is 2.54. The molecule has 2 unspecified atom stereocenters. The molecule has 0 spiro atoms. The summed E-state index contributed by atoms with van der Waals surface area (Å²) < 4.78 is 21.2. The van der Waals surface area contributed by atoms with Crippen molar-refractivity contribution in [3.05, 3.63) is 36.2 Å². The van der Waals surface area contributed by atoms with Gasteiger partial charge in [-0.1, -0.05) is 0 Å². The number of halogens is 1. The van der Waals surface area contributed by atoms with E-state index in [1.165, 1.54) is 18.7 Å². The largest absolute Gasteiger partial charge is 0.421 e. The molecule has 31 heavy (non-hydrogen) atoms. The van der Waals surface area contributed by atoms with Gasteiger partial charge in [-0.15, -0.1) is 0 Å². The zero-order valence-corrected chi connectivity index (χ0v) is 17.1. The summed E-state index contributed by atoms with van der Waals surface area (Å²) in [6.45, 7) is 3.32. The van der Waals surface area contributed by atoms with Crippen LogP contribution in [0.15, 0.2) is 24.8 Å². The molecule has 2 fully saturated rings. The van der Waals surface area contributed by atoms with E-state index in [0.717, 1.165) is 18.8 Å². The molecule has 1 aromatic carbocycles. The summed E-state index contributed by atoms with van der Waals surface area (Å²) in [5.74, 6) is 1.68. The molecule has 1 aliphatic carbocycles. The predicted octanol–water partition coefficient (Wildman–Crippen LogP) is 2.58. The minimum Gasteiger partial charge on any atom is -0.421 e. The Balaban J connectivity index is 1.58. The number of piperidine rings is 1. The quantitative estimate of drug-likeness (QED) is 0.461. The van der Waals surface area contributed by atoms with E-state index in [1.807, 2.05) is 7.05 Å². The summed E-state index contributed by atoms with van der Waals surface area (Å²) in [5.41, 5.74) is 8.65. The first-order valence-corrected chi connectivity index (χ1v) is 10.2. The Kier molecular flexibility index (Phi) is 3.82. The van der Waals surface area contributed by atoms with Gasteiger partial charge >= 0.3 is 6.01 Å². The van der Waals surface area contributed by atoms with Crippen LogP contribution < -0.4 is 20.7 Å². The highest BCUT2D eigenvalue weighted by Crippen LogP contribution is 2.47. The van der Waals surface area contributed by atoms with E-state index in [2.05, 4.69) is 30.2 Å². The number of nitrogens with two attached hydrogens (primary N) is 1. The van der Waals surface area contributed by atoms with Crippen LogP contribution in [-0.2, 0) is 0 Å². The zero-order chi connectivity index (χ0) is 21.3. The number of nitrogens with zero attached hydrogens (tertiary/aromatic N) is 5. The van der Waals surface area contributed by atoms with E-state index in [9.17, 15) is 0 Å². The van der Waals surface area contributed by atoms with Gasteiger partial charge in [0.05, 0.1) is 34.4 Å². The third kappa shape index (κ3) is 2.71. The van der Waals surface area contributed by atoms with E-state index in [4.69, 9.17) is 15.5 Å². The maximum Gasteiger partial charge on any atom is 0.326 e. The average molecular weight is 420 g/mol. The first kappa shape index (κ1) is 18.3. The number of benzene rings is 1. The van der Waals surface area contributed by atoms with Gasteiger partial charge < -0.3 is 25.7 Å². The molecule has 4 N–H and O–H groups in total. The van der Waals surface area contributed by atoms with Crippen molar-refractivity contribution in [3.8, 4) is 11.8 Å². The third-order valence-electron chi connectivity index (χ3n) is 6.38. The Morgan fingerprint density at radius 3 is 2.65 bits per heavy atom. The van der Waals surface area contributed by atoms with Gasteiger partial charge in [-0.2, -0.15) is 9.97 Å². The first-order chi connectivity index (χ1) is 15.0. The lowest BCUT2D eigenvalue weighted by Gasteiger charge is -2.21. The third-order valence-corrected chi connectivity index (χ3v) is 6.38. The van der Waals surface area contributed by atoms with E-state index < -0.39 is 0 Å². The van der Waals surface area contributed by atoms with Crippen LogP contribution >= 0.6 is 0 Å². The second kappa shape index (κ2) is 6.48. The lowest BCUT2D eigenvalue weighted by atomic mass is 10.1. The van der Waals surface area contributed by atoms with Gasteiger partial charge in [-0.3, -0.25) is 0 Å². The summed E-state index contributed by atoms with van der Waals surface area (Å²) in [4.78, 5) is 22.6. The number of hydrogen-bond acceptors (Lipinski definition) is 8. The number of aryl methyl sites for hydroxylation is 1. The molecule has 4 heterocycles. The van der Waals surface area contributed by atoms with Crippen LogP contribution in [0.5, 0.6) is 11.8 Å². The topological polar surface area (TPSA) is 118 Å². The van der Waals surface area contributed by atoms with Crippen LogP contribution in [0.25, 0.3) is 21.9 Å². The van der Waals surface area contributed by atoms with Gasteiger partial charge in [0, 0.05) is 26.2 Å². The molecule has 1 saturated carbocycles. The second-order valence-corrected chi connectivity index (χ2v) is 8.22. The normalized spacial score (nSPS) is 22.2. The molecule has 1 saturated heterocycles. The maximum atomic E-state index is 15.4. The van der Waals surface area contributed by atoms with Crippen molar-refractivity contribution in [2.45, 2.75) is 13.0 Å². The number of hydrogen-bond donors (Lipinski definition) is 3. The smallest absolute Gasteiger partial charge is 0.326 e. The Morgan fingerprint density at radius 2 is 1.94 bits per heavy atom. The molecule has 6 rings (SSSR count). The van der Waals surface area contributed by atoms with Gasteiger partial charge in [-0.25, -0.2) is 14.4 Å². The van der Waals surface area contributed by atoms with Crippen molar-refractivity contribution in [1.82, 2.24) is 24.9 Å². The SMILES string of the molecule is CNc1cc(C)c(F)c2c1[nH]c1nc(Oc3cncnc3)nc(N3CC4C(N)C4C3)c12. The fourth-order valence-electron chi connectivity index (χ4n) is 4.69. The number of anilines is 2. The van der Waals surface area contributed by atoms with Crippen LogP contribution in [0.3, 0.4) is 0 Å². The molecule has 2 aliphatic rings. The van der Waals surface area contributed by atoms with Crippen molar-refractivity contribution in [3.63, 3.8) is 0 Å². The second-order valence-electron chi connectivity index (χ2n) is 8.22. The fourth-order valence-corrected chi connectivity index (χ4v) is 4.69. The van der Waals surface area contributed by atoms with Gasteiger partial charge in [0.1, 0.15) is 23.6 Å². The number of rotatable bonds is 4. The standard InChI is InChI=1S/C21H21FN8O/c1-9-3-13(24-2)18-14(16(9)22)15-19(27-18)28-21(31-10-4-25-8-26-5-10)29-20(15)30-6-11-12(7-30)17(11)23/h3-5,8,11-12,17,24H,6-7,23H2,1-2H3,(H,27,28,29). The van der Waals surface area contributed by atoms with Crippen LogP contribution in [0.2, 0.25) is 0 Å². The van der Waals surface area contributed by atoms with Crippen molar-refractivity contribution < 1.29 is 9.13 Å². The summed E-state index contributed by atoms with van der Waals surface area (Å²) in [7, 11) is 1.81. The summed E-state index contributed by atoms with van der Waals surface area (Å²) in [5, 5.41) is 4.27. The molecule has 10 heteroatoms. The number of ether oxygens (including phenoxy) is 1. The van der Waals surface area contributed by atoms with Gasteiger partial charge in [-0.05, 0) is 30.4 Å². The molecule has 3 aromatic heterocycles. The lowest BCUT2D eigenvalue weighted by molar-refractivity contribution is 0.439. The minimum absolute atomic E-state index is 0.150. The van der Waals surface area contributed by atoms with Crippen LogP contribution in [0.4, 0.5) is 15.9 Å². The molecule has 9 nitrogen and oxygen atoms in total. The van der Waals surface area contributed by atoms with E-state index in [0.29, 0.717) is 50.9 Å². The van der Waals surface area contributed by atoms with Gasteiger partial charge in [0.2, 0.25) is 0 Å². The summed E-state index contributed by atoms with van der Waals surface area (Å²) >= 11 is 0. The molecule has 2 atom stereocenters. The Labute approximate surface area is 176 Å². The van der Waals surface area contributed by atoms with Crippen molar-refractivity contribution in [2.75, 3.05) is 30.4 Å². The molecular formula is C21H21FN8O. The number of H-pyrrole nitrogens is 1. The van der Waals surface area contributed by atoms with Crippen LogP contribution in [0, 0.1) is 24.6 Å². The fraction of sp³-hybridized carbons (Fsp3) is 0.333. The molecule has 158 valence electrons. The summed E-state index contributed by atoms with van der Waals surface area (Å²) in [6, 6.07) is 2.17. The highest BCUT2D eigenvalue weighted by atomic mass is 19.1. The monoisotopic (exact) mass is 420 g/mol. The van der Waals surface area contributed by atoms with Gasteiger partial charge in [0.15, 0.2) is 5.75 Å². The first-order valence-electron chi connectivity index (χ1n) is 10.2. The molecular weight excluding hydrogens is 399 g/mol. The molecule has 4 aromatic rings. The number of aromatic amines is 1. The van der Waals surface area contributed by atoms with Crippen molar-refractivity contribution >= 4 is 33.4 Å². The molecule has 0 amide bonds. The number of fused-ring (bicyclic) bond motifs is 4. The Bertz CT molecular complexity index is 1310. The van der Waals surface area contributed by atoms with Crippen LogP contribution in [-0.4, -0.2) is 51.1 Å². The molecule has 0 radical (unpaired) electrons. The van der Waals surface area contributed by atoms with E-state index in [1.54, 1.807) is 13.0 Å². The number of aromatic nitrogens is 5. The molecule has 0 bridgehead atoms. The maximum absolute atomic E-state index is 15.4. The minimum atomic E-state index is -0.281. The Hall–Kier alpha value is -3.53. The van der Waals surface area contributed by atoms with Crippen molar-refractivity contribution in [1.29, 1.82) is 0 Å². The zero-order valence-electron chi connectivity index (χ0n) is 17.1. The van der Waals surface area contributed by atoms with Gasteiger partial charge in [0.25, 0.3) is 0 Å². The highest BCUT2D eigenvalue weighted by molar-refractivity contribution is 6.15.